The molecule has 0 bridgehead atoms. The van der Waals surface area contributed by atoms with Crippen molar-refractivity contribution < 1.29 is 4.79 Å². The number of hydrogen-bond acceptors (Lipinski definition) is 2. The monoisotopic (exact) mass is 254 g/mol. The van der Waals surface area contributed by atoms with Gasteiger partial charge in [-0.1, -0.05) is 17.7 Å². The van der Waals surface area contributed by atoms with Gasteiger partial charge in [-0.2, -0.15) is 0 Å². The van der Waals surface area contributed by atoms with Crippen LogP contribution in [0.3, 0.4) is 0 Å². The van der Waals surface area contributed by atoms with Gasteiger partial charge < -0.3 is 9.88 Å². The zero-order valence-electron chi connectivity index (χ0n) is 8.74. The second-order valence-corrected chi connectivity index (χ2v) is 4.94. The number of amides is 1. The van der Waals surface area contributed by atoms with Gasteiger partial charge in [0.25, 0.3) is 5.91 Å². The molecule has 0 saturated heterocycles. The maximum atomic E-state index is 11.9. The lowest BCUT2D eigenvalue weighted by molar-refractivity contribution is 0.0781. The van der Waals surface area contributed by atoms with Crippen LogP contribution in [0.25, 0.3) is 0 Å². The number of H-pyrrole nitrogens is 1. The first-order valence-corrected chi connectivity index (χ1v) is 6.04. The molecule has 0 aromatic carbocycles. The molecule has 2 heterocycles. The van der Waals surface area contributed by atoms with Crippen molar-refractivity contribution in [2.45, 2.75) is 6.54 Å². The Balaban J connectivity index is 2.05. The second kappa shape index (κ2) is 4.72. The van der Waals surface area contributed by atoms with Gasteiger partial charge in [0.05, 0.1) is 11.6 Å². The summed E-state index contributed by atoms with van der Waals surface area (Å²) >= 11 is 7.39. The van der Waals surface area contributed by atoms with E-state index >= 15 is 0 Å². The first kappa shape index (κ1) is 11.2. The van der Waals surface area contributed by atoms with Crippen molar-refractivity contribution in [2.24, 2.45) is 0 Å². The maximum Gasteiger partial charge on any atom is 0.270 e. The van der Waals surface area contributed by atoms with E-state index in [0.29, 0.717) is 17.3 Å². The van der Waals surface area contributed by atoms with Crippen LogP contribution in [0.2, 0.25) is 5.02 Å². The number of rotatable bonds is 3. The first-order valence-electron chi connectivity index (χ1n) is 4.78. The van der Waals surface area contributed by atoms with E-state index in [2.05, 4.69) is 4.98 Å². The van der Waals surface area contributed by atoms with Gasteiger partial charge in [0.2, 0.25) is 0 Å². The lowest BCUT2D eigenvalue weighted by atomic mass is 10.3. The Hall–Kier alpha value is -1.26. The molecule has 1 amide bonds. The van der Waals surface area contributed by atoms with Crippen molar-refractivity contribution >= 4 is 28.8 Å². The number of hydrogen-bond donors (Lipinski definition) is 1. The predicted molar refractivity (Wildman–Crippen MR) is 65.9 cm³/mol. The van der Waals surface area contributed by atoms with E-state index in [1.165, 1.54) is 0 Å². The van der Waals surface area contributed by atoms with E-state index in [-0.39, 0.29) is 5.91 Å². The molecular formula is C11H11ClN2OS. The number of nitrogens with one attached hydrogen (secondary N) is 1. The zero-order chi connectivity index (χ0) is 11.5. The van der Waals surface area contributed by atoms with E-state index in [0.717, 1.165) is 4.88 Å². The van der Waals surface area contributed by atoms with Crippen LogP contribution in [0.4, 0.5) is 0 Å². The second-order valence-electron chi connectivity index (χ2n) is 3.47. The van der Waals surface area contributed by atoms with Gasteiger partial charge in [-0.15, -0.1) is 11.3 Å². The fraction of sp³-hybridized carbons (Fsp3) is 0.182. The molecule has 84 valence electrons. The largest absolute Gasteiger partial charge is 0.356 e. The van der Waals surface area contributed by atoms with Gasteiger partial charge in [0.1, 0.15) is 5.69 Å². The molecular weight excluding hydrogens is 244 g/mol. The topological polar surface area (TPSA) is 36.1 Å². The summed E-state index contributed by atoms with van der Waals surface area (Å²) in [7, 11) is 1.77. The summed E-state index contributed by atoms with van der Waals surface area (Å²) in [6.45, 7) is 0.618. The summed E-state index contributed by atoms with van der Waals surface area (Å²) in [5.74, 6) is -0.0553. The molecule has 0 aliphatic rings. The standard InChI is InChI=1S/C11H11ClN2OS/c1-14(7-9-3-2-4-16-9)11(15)10-5-8(12)6-13-10/h2-6,13H,7H2,1H3. The number of nitrogens with zero attached hydrogens (tertiary/aromatic N) is 1. The quantitative estimate of drug-likeness (QED) is 0.898. The molecule has 3 nitrogen and oxygen atoms in total. The third-order valence-corrected chi connectivity index (χ3v) is 3.28. The van der Waals surface area contributed by atoms with Crippen LogP contribution in [0.15, 0.2) is 29.8 Å². The molecule has 16 heavy (non-hydrogen) atoms. The van der Waals surface area contributed by atoms with Gasteiger partial charge in [-0.3, -0.25) is 4.79 Å². The summed E-state index contributed by atoms with van der Waals surface area (Å²) < 4.78 is 0. The highest BCUT2D eigenvalue weighted by Gasteiger charge is 2.13. The van der Waals surface area contributed by atoms with Crippen LogP contribution < -0.4 is 0 Å². The predicted octanol–water partition coefficient (Wildman–Crippen LogP) is 3.00. The molecule has 0 fully saturated rings. The maximum absolute atomic E-state index is 11.9. The normalized spacial score (nSPS) is 10.4. The first-order chi connectivity index (χ1) is 7.66. The molecule has 0 aliphatic carbocycles. The number of carbonyl (C=O) groups excluding carboxylic acids is 1. The van der Waals surface area contributed by atoms with Crippen LogP contribution in [0.1, 0.15) is 15.4 Å². The Morgan fingerprint density at radius 1 is 1.62 bits per heavy atom. The fourth-order valence-electron chi connectivity index (χ4n) is 1.41. The zero-order valence-corrected chi connectivity index (χ0v) is 10.3. The molecule has 0 aliphatic heterocycles. The third kappa shape index (κ3) is 2.46. The average molecular weight is 255 g/mol. The Bertz CT molecular complexity index is 478. The molecule has 5 heteroatoms. The van der Waals surface area contributed by atoms with E-state index in [1.54, 1.807) is 35.5 Å². The minimum atomic E-state index is -0.0553. The molecule has 2 aromatic heterocycles. The molecule has 2 aromatic rings. The van der Waals surface area contributed by atoms with Crippen molar-refractivity contribution in [1.29, 1.82) is 0 Å². The van der Waals surface area contributed by atoms with E-state index < -0.39 is 0 Å². The summed E-state index contributed by atoms with van der Waals surface area (Å²) in [5, 5.41) is 2.55. The van der Waals surface area contributed by atoms with Crippen molar-refractivity contribution in [3.63, 3.8) is 0 Å². The highest BCUT2D eigenvalue weighted by atomic mass is 35.5. The Morgan fingerprint density at radius 2 is 2.44 bits per heavy atom. The van der Waals surface area contributed by atoms with Crippen LogP contribution in [-0.2, 0) is 6.54 Å². The van der Waals surface area contributed by atoms with Crippen LogP contribution in [0, 0.1) is 0 Å². The van der Waals surface area contributed by atoms with Gasteiger partial charge >= 0.3 is 0 Å². The lowest BCUT2D eigenvalue weighted by Crippen LogP contribution is -2.25. The Kier molecular flexibility index (Phi) is 3.31. The summed E-state index contributed by atoms with van der Waals surface area (Å²) in [6.07, 6.45) is 1.60. The molecule has 1 N–H and O–H groups in total. The Labute approximate surface area is 103 Å². The van der Waals surface area contributed by atoms with Crippen molar-refractivity contribution in [3.05, 3.63) is 45.4 Å². The fourth-order valence-corrected chi connectivity index (χ4v) is 2.33. The van der Waals surface area contributed by atoms with Gasteiger partial charge in [0.15, 0.2) is 0 Å². The summed E-state index contributed by atoms with van der Waals surface area (Å²) in [5.41, 5.74) is 0.518. The van der Waals surface area contributed by atoms with E-state index in [4.69, 9.17) is 11.6 Å². The molecule has 0 unspecified atom stereocenters. The lowest BCUT2D eigenvalue weighted by Gasteiger charge is -2.14. The Morgan fingerprint density at radius 3 is 3.00 bits per heavy atom. The van der Waals surface area contributed by atoms with E-state index in [9.17, 15) is 4.79 Å². The van der Waals surface area contributed by atoms with Gasteiger partial charge in [0, 0.05) is 18.1 Å². The number of halogens is 1. The van der Waals surface area contributed by atoms with Crippen molar-refractivity contribution in [2.75, 3.05) is 7.05 Å². The molecule has 0 radical (unpaired) electrons. The van der Waals surface area contributed by atoms with Crippen LogP contribution in [0.5, 0.6) is 0 Å². The SMILES string of the molecule is CN(Cc1cccs1)C(=O)c1cc(Cl)c[nH]1. The highest BCUT2D eigenvalue weighted by Crippen LogP contribution is 2.14. The summed E-state index contributed by atoms with van der Waals surface area (Å²) in [4.78, 5) is 17.6. The van der Waals surface area contributed by atoms with Gasteiger partial charge in [-0.25, -0.2) is 0 Å². The van der Waals surface area contributed by atoms with Crippen molar-refractivity contribution in [1.82, 2.24) is 9.88 Å². The van der Waals surface area contributed by atoms with Crippen LogP contribution >= 0.6 is 22.9 Å². The number of aromatic amines is 1. The third-order valence-electron chi connectivity index (χ3n) is 2.20. The minimum absolute atomic E-state index is 0.0553. The van der Waals surface area contributed by atoms with Gasteiger partial charge in [-0.05, 0) is 17.5 Å². The molecule has 0 spiro atoms. The smallest absolute Gasteiger partial charge is 0.270 e. The number of carbonyl (C=O) groups is 1. The average Bonchev–Trinajstić information content (AvgIpc) is 2.88. The van der Waals surface area contributed by atoms with Crippen LogP contribution in [-0.4, -0.2) is 22.8 Å². The summed E-state index contributed by atoms with van der Waals surface area (Å²) in [6, 6.07) is 5.62. The highest BCUT2D eigenvalue weighted by molar-refractivity contribution is 7.09. The molecule has 2 rings (SSSR count). The van der Waals surface area contributed by atoms with E-state index in [1.807, 2.05) is 17.5 Å². The minimum Gasteiger partial charge on any atom is -0.356 e. The number of thiophene rings is 1. The van der Waals surface area contributed by atoms with Crippen molar-refractivity contribution in [3.8, 4) is 0 Å². The molecule has 0 saturated carbocycles. The number of aromatic nitrogens is 1. The molecule has 0 atom stereocenters.